The second kappa shape index (κ2) is 12.8. The number of carbonyl (C=O) groups is 3. The molecule has 1 aliphatic carbocycles. The highest BCUT2D eigenvalue weighted by atomic mass is 16.6. The Morgan fingerprint density at radius 1 is 1.20 bits per heavy atom. The molecule has 0 aromatic heterocycles. The zero-order valence-electron chi connectivity index (χ0n) is 24.8. The molecule has 8 nitrogen and oxygen atoms in total. The molecule has 224 valence electrons. The summed E-state index contributed by atoms with van der Waals surface area (Å²) in [5, 5.41) is 10.6. The van der Waals surface area contributed by atoms with Crippen LogP contribution in [0.3, 0.4) is 0 Å². The van der Waals surface area contributed by atoms with E-state index in [0.29, 0.717) is 32.2 Å². The lowest BCUT2D eigenvalue weighted by atomic mass is 9.65. The zero-order chi connectivity index (χ0) is 29.1. The minimum absolute atomic E-state index is 0.0383. The van der Waals surface area contributed by atoms with Gasteiger partial charge in [0, 0.05) is 12.6 Å². The maximum atomic E-state index is 14.8. The molecule has 0 aromatic carbocycles. The van der Waals surface area contributed by atoms with Crippen LogP contribution in [-0.4, -0.2) is 81.8 Å². The average molecular weight is 559 g/mol. The molecule has 8 heteroatoms. The Bertz CT molecular complexity index is 963. The largest absolute Gasteiger partial charge is 0.465 e. The van der Waals surface area contributed by atoms with Gasteiger partial charge in [-0.05, 0) is 50.9 Å². The first-order valence-electron chi connectivity index (χ1n) is 15.6. The number of unbranched alkanes of at least 4 members (excludes halogenated alkanes) is 1. The summed E-state index contributed by atoms with van der Waals surface area (Å²) in [6.45, 7) is 14.1. The molecule has 3 aliphatic heterocycles. The normalized spacial score (nSPS) is 33.0. The van der Waals surface area contributed by atoms with Crippen molar-refractivity contribution in [2.75, 3.05) is 19.8 Å². The quantitative estimate of drug-likeness (QED) is 0.193. The standard InChI is InChI=1S/C32H50N2O6/c1-6-10-14-20-39-30(38)26-25-28(36)34(24(21-35)22(5)8-3)27(32(25)18-17-31(26,9-4)40-32)29(37)33(19-7-2)23-15-12-11-13-16-23/h6-7,22-27,35H,1-2,8-21H2,3-5H3/t22-,24-,25-,26+,27?,31-,32?/m0/s1. The van der Waals surface area contributed by atoms with Gasteiger partial charge in [0.15, 0.2) is 0 Å². The maximum Gasteiger partial charge on any atom is 0.312 e. The van der Waals surface area contributed by atoms with E-state index in [9.17, 15) is 19.5 Å². The lowest BCUT2D eigenvalue weighted by molar-refractivity contribution is -0.165. The van der Waals surface area contributed by atoms with E-state index in [-0.39, 0.29) is 37.0 Å². The van der Waals surface area contributed by atoms with Crippen LogP contribution in [-0.2, 0) is 23.9 Å². The number of aliphatic hydroxyl groups is 1. The van der Waals surface area contributed by atoms with Crippen LogP contribution in [0.2, 0.25) is 0 Å². The van der Waals surface area contributed by atoms with Gasteiger partial charge in [-0.1, -0.05) is 58.6 Å². The third-order valence-corrected chi connectivity index (χ3v) is 10.4. The fourth-order valence-corrected chi connectivity index (χ4v) is 8.06. The van der Waals surface area contributed by atoms with E-state index in [1.54, 1.807) is 17.1 Å². The van der Waals surface area contributed by atoms with Crippen molar-refractivity contribution < 1.29 is 29.0 Å². The van der Waals surface area contributed by atoms with Gasteiger partial charge in [-0.3, -0.25) is 14.4 Å². The van der Waals surface area contributed by atoms with Crippen molar-refractivity contribution in [2.45, 2.75) is 121 Å². The van der Waals surface area contributed by atoms with Gasteiger partial charge in [-0.2, -0.15) is 0 Å². The molecule has 1 saturated carbocycles. The van der Waals surface area contributed by atoms with E-state index >= 15 is 0 Å². The third kappa shape index (κ3) is 5.04. The molecule has 4 fully saturated rings. The minimum atomic E-state index is -1.12. The van der Waals surface area contributed by atoms with Crippen LogP contribution < -0.4 is 0 Å². The van der Waals surface area contributed by atoms with Crippen molar-refractivity contribution in [3.05, 3.63) is 25.3 Å². The smallest absolute Gasteiger partial charge is 0.312 e. The highest BCUT2D eigenvalue weighted by Gasteiger charge is 2.79. The van der Waals surface area contributed by atoms with Crippen molar-refractivity contribution >= 4 is 17.8 Å². The predicted molar refractivity (Wildman–Crippen MR) is 153 cm³/mol. The van der Waals surface area contributed by atoms with Crippen LogP contribution in [0.25, 0.3) is 0 Å². The molecule has 4 aliphatic rings. The van der Waals surface area contributed by atoms with Crippen LogP contribution in [0.15, 0.2) is 25.3 Å². The van der Waals surface area contributed by atoms with E-state index in [2.05, 4.69) is 13.2 Å². The number of ether oxygens (including phenoxy) is 2. The second-order valence-corrected chi connectivity index (χ2v) is 12.4. The molecular formula is C32H50N2O6. The Labute approximate surface area is 240 Å². The number of fused-ring (bicyclic) bond motifs is 1. The number of rotatable bonds is 14. The number of nitrogens with zero attached hydrogens (tertiary/aromatic N) is 2. The molecule has 1 N–H and O–H groups in total. The Hall–Kier alpha value is -2.19. The van der Waals surface area contributed by atoms with Gasteiger partial charge in [0.1, 0.15) is 17.6 Å². The van der Waals surface area contributed by atoms with E-state index in [1.165, 1.54) is 0 Å². The van der Waals surface area contributed by atoms with Crippen LogP contribution >= 0.6 is 0 Å². The molecule has 40 heavy (non-hydrogen) atoms. The average Bonchev–Trinajstić information content (AvgIpc) is 3.58. The molecule has 0 radical (unpaired) electrons. The Morgan fingerprint density at radius 2 is 1.93 bits per heavy atom. The summed E-state index contributed by atoms with van der Waals surface area (Å²) < 4.78 is 12.6. The van der Waals surface area contributed by atoms with Crippen LogP contribution in [0.5, 0.6) is 0 Å². The lowest BCUT2D eigenvalue weighted by Gasteiger charge is -2.43. The van der Waals surface area contributed by atoms with Gasteiger partial charge in [0.05, 0.1) is 30.8 Å². The van der Waals surface area contributed by atoms with Gasteiger partial charge in [-0.25, -0.2) is 0 Å². The summed E-state index contributed by atoms with van der Waals surface area (Å²) in [4.78, 5) is 46.5. The number of likely N-dealkylation sites (tertiary alicyclic amines) is 1. The molecule has 4 rings (SSSR count). The number of aliphatic hydroxyl groups excluding tert-OH is 1. The number of amides is 2. The minimum Gasteiger partial charge on any atom is -0.465 e. The summed E-state index contributed by atoms with van der Waals surface area (Å²) in [5.41, 5.74) is -1.95. The summed E-state index contributed by atoms with van der Waals surface area (Å²) in [5.74, 6) is -2.44. The topological polar surface area (TPSA) is 96.4 Å². The van der Waals surface area contributed by atoms with Gasteiger partial charge >= 0.3 is 5.97 Å². The Balaban J connectivity index is 1.78. The van der Waals surface area contributed by atoms with Crippen molar-refractivity contribution in [3.8, 4) is 0 Å². The summed E-state index contributed by atoms with van der Waals surface area (Å²) in [6.07, 6.45) is 12.5. The molecule has 2 amide bonds. The molecule has 3 saturated heterocycles. The summed E-state index contributed by atoms with van der Waals surface area (Å²) >= 11 is 0. The Kier molecular flexibility index (Phi) is 9.82. The number of carbonyl (C=O) groups excluding carboxylic acids is 3. The third-order valence-electron chi connectivity index (χ3n) is 10.4. The van der Waals surface area contributed by atoms with E-state index in [1.807, 2.05) is 25.7 Å². The van der Waals surface area contributed by atoms with Crippen molar-refractivity contribution in [1.82, 2.24) is 9.80 Å². The van der Waals surface area contributed by atoms with Crippen molar-refractivity contribution in [1.29, 1.82) is 0 Å². The van der Waals surface area contributed by atoms with Crippen LogP contribution in [0.1, 0.15) is 91.4 Å². The summed E-state index contributed by atoms with van der Waals surface area (Å²) in [6, 6.07) is -1.37. The zero-order valence-corrected chi connectivity index (χ0v) is 24.8. The first kappa shape index (κ1) is 30.8. The lowest BCUT2D eigenvalue weighted by Crippen LogP contribution is -2.61. The highest BCUT2D eigenvalue weighted by molar-refractivity contribution is 5.99. The molecule has 2 bridgehead atoms. The van der Waals surface area contributed by atoms with E-state index < -0.39 is 41.1 Å². The summed E-state index contributed by atoms with van der Waals surface area (Å²) in [7, 11) is 0. The Morgan fingerprint density at radius 3 is 2.52 bits per heavy atom. The predicted octanol–water partition coefficient (Wildman–Crippen LogP) is 4.40. The molecule has 3 heterocycles. The van der Waals surface area contributed by atoms with Crippen molar-refractivity contribution in [2.24, 2.45) is 17.8 Å². The highest BCUT2D eigenvalue weighted by Crippen LogP contribution is 2.65. The van der Waals surface area contributed by atoms with Gasteiger partial charge in [0.25, 0.3) is 0 Å². The van der Waals surface area contributed by atoms with Crippen molar-refractivity contribution in [3.63, 3.8) is 0 Å². The first-order valence-corrected chi connectivity index (χ1v) is 15.6. The second-order valence-electron chi connectivity index (χ2n) is 12.4. The SMILES string of the molecule is C=CCCCOC(=O)[C@H]1[C@H]2C(=O)N([C@@H](CO)[C@@H](C)CC)C(C(=O)N(CC=C)C3CCCCC3)C23CC[C@]1(CC)O3. The molecule has 0 aromatic rings. The molecular weight excluding hydrogens is 508 g/mol. The van der Waals surface area contributed by atoms with Gasteiger partial charge < -0.3 is 24.4 Å². The molecule has 7 atom stereocenters. The fraction of sp³-hybridized carbons (Fsp3) is 0.781. The van der Waals surface area contributed by atoms with Gasteiger partial charge in [-0.15, -0.1) is 13.2 Å². The van der Waals surface area contributed by atoms with Gasteiger partial charge in [0.2, 0.25) is 11.8 Å². The van der Waals surface area contributed by atoms with Crippen LogP contribution in [0, 0.1) is 17.8 Å². The van der Waals surface area contributed by atoms with E-state index in [0.717, 1.165) is 44.9 Å². The monoisotopic (exact) mass is 558 g/mol. The number of esters is 1. The first-order chi connectivity index (χ1) is 19.3. The number of hydrogen-bond acceptors (Lipinski definition) is 6. The molecule has 1 spiro atoms. The number of hydrogen-bond donors (Lipinski definition) is 1. The van der Waals surface area contributed by atoms with E-state index in [4.69, 9.17) is 9.47 Å². The van der Waals surface area contributed by atoms with Crippen LogP contribution in [0.4, 0.5) is 0 Å². The number of allylic oxidation sites excluding steroid dienone is 1. The fourth-order valence-electron chi connectivity index (χ4n) is 8.06. The maximum absolute atomic E-state index is 14.8. The molecule has 2 unspecified atom stereocenters.